The van der Waals surface area contributed by atoms with E-state index in [-0.39, 0.29) is 5.91 Å². The molecule has 2 rings (SSSR count). The fraction of sp³-hybridized carbons (Fsp3) is 0.727. The number of carbonyl (C=O) groups is 1. The number of thioether (sulfide) groups is 1. The van der Waals surface area contributed by atoms with Crippen LogP contribution in [0.3, 0.4) is 0 Å². The predicted molar refractivity (Wildman–Crippen MR) is 68.0 cm³/mol. The van der Waals surface area contributed by atoms with Gasteiger partial charge >= 0.3 is 0 Å². The zero-order valence-corrected chi connectivity index (χ0v) is 10.6. The molecule has 0 atom stereocenters. The molecule has 1 aliphatic carbocycles. The summed E-state index contributed by atoms with van der Waals surface area (Å²) in [7, 11) is 0. The van der Waals surface area contributed by atoms with Crippen molar-refractivity contribution in [1.82, 2.24) is 20.7 Å². The van der Waals surface area contributed by atoms with Crippen LogP contribution in [0.1, 0.15) is 42.6 Å². The van der Waals surface area contributed by atoms with Crippen LogP contribution in [0.4, 0.5) is 0 Å². The van der Waals surface area contributed by atoms with Crippen LogP contribution in [0.15, 0.2) is 6.20 Å². The molecule has 5 nitrogen and oxygen atoms in total. The van der Waals surface area contributed by atoms with Crippen molar-refractivity contribution in [3.05, 3.63) is 11.9 Å². The van der Waals surface area contributed by atoms with E-state index in [2.05, 4.69) is 20.7 Å². The largest absolute Gasteiger partial charge is 0.350 e. The summed E-state index contributed by atoms with van der Waals surface area (Å²) in [5.41, 5.74) is 0.354. The molecule has 1 aliphatic rings. The molecular weight excluding hydrogens is 236 g/mol. The highest BCUT2D eigenvalue weighted by molar-refractivity contribution is 7.99. The van der Waals surface area contributed by atoms with E-state index in [0.29, 0.717) is 12.2 Å². The lowest BCUT2D eigenvalue weighted by Crippen LogP contribution is -2.26. The molecule has 1 fully saturated rings. The fourth-order valence-corrected chi connectivity index (χ4v) is 3.24. The summed E-state index contributed by atoms with van der Waals surface area (Å²) < 4.78 is 0. The van der Waals surface area contributed by atoms with Gasteiger partial charge in [0.2, 0.25) is 0 Å². The molecule has 1 saturated carbocycles. The fourth-order valence-electron chi connectivity index (χ4n) is 2.02. The third kappa shape index (κ3) is 4.03. The van der Waals surface area contributed by atoms with Crippen molar-refractivity contribution in [2.24, 2.45) is 0 Å². The summed E-state index contributed by atoms with van der Waals surface area (Å²) in [6, 6.07) is 0. The Morgan fingerprint density at radius 2 is 2.29 bits per heavy atom. The van der Waals surface area contributed by atoms with E-state index >= 15 is 0 Å². The second-order valence-electron chi connectivity index (χ2n) is 4.24. The number of hydrogen-bond acceptors (Lipinski definition) is 4. The highest BCUT2D eigenvalue weighted by Gasteiger charge is 2.13. The van der Waals surface area contributed by atoms with Crippen molar-refractivity contribution in [2.75, 3.05) is 12.3 Å². The number of nitrogens with one attached hydrogen (secondary N) is 2. The van der Waals surface area contributed by atoms with Gasteiger partial charge in [-0.05, 0) is 12.8 Å². The Kier molecular flexibility index (Phi) is 4.85. The summed E-state index contributed by atoms with van der Waals surface area (Å²) in [6.07, 6.45) is 8.22. The number of H-pyrrole nitrogens is 1. The standard InChI is InChI=1S/C11H18N4OS/c16-11(10-8-13-15-14-10)12-6-7-17-9-4-2-1-3-5-9/h8-9H,1-7H2,(H,12,16)(H,13,14,15). The van der Waals surface area contributed by atoms with Gasteiger partial charge in [-0.15, -0.1) is 0 Å². The molecule has 2 N–H and O–H groups in total. The van der Waals surface area contributed by atoms with Crippen molar-refractivity contribution in [1.29, 1.82) is 0 Å². The molecule has 0 unspecified atom stereocenters. The first-order valence-electron chi connectivity index (χ1n) is 6.12. The summed E-state index contributed by atoms with van der Waals surface area (Å²) in [5, 5.41) is 13.4. The van der Waals surface area contributed by atoms with Crippen molar-refractivity contribution in [3.63, 3.8) is 0 Å². The van der Waals surface area contributed by atoms with Gasteiger partial charge in [0.1, 0.15) is 0 Å². The topological polar surface area (TPSA) is 70.7 Å². The zero-order chi connectivity index (χ0) is 11.9. The van der Waals surface area contributed by atoms with Crippen LogP contribution in [-0.2, 0) is 0 Å². The maximum absolute atomic E-state index is 11.5. The Labute approximate surface area is 105 Å². The van der Waals surface area contributed by atoms with Gasteiger partial charge in [-0.3, -0.25) is 4.79 Å². The van der Waals surface area contributed by atoms with Crippen LogP contribution in [0.5, 0.6) is 0 Å². The van der Waals surface area contributed by atoms with Gasteiger partial charge in [0.25, 0.3) is 5.91 Å². The second kappa shape index (κ2) is 6.64. The Bertz CT molecular complexity index is 335. The lowest BCUT2D eigenvalue weighted by atomic mass is 10.0. The lowest BCUT2D eigenvalue weighted by molar-refractivity contribution is 0.0951. The molecule has 1 aromatic rings. The van der Waals surface area contributed by atoms with Gasteiger partial charge in [0.15, 0.2) is 5.69 Å². The highest BCUT2D eigenvalue weighted by atomic mass is 32.2. The third-order valence-corrected chi connectivity index (χ3v) is 4.32. The number of rotatable bonds is 5. The maximum atomic E-state index is 11.5. The van der Waals surface area contributed by atoms with Crippen molar-refractivity contribution >= 4 is 17.7 Å². The van der Waals surface area contributed by atoms with Gasteiger partial charge < -0.3 is 5.32 Å². The number of aromatic nitrogens is 3. The molecule has 0 spiro atoms. The first-order valence-corrected chi connectivity index (χ1v) is 7.17. The number of aromatic amines is 1. The average Bonchev–Trinajstić information content (AvgIpc) is 2.89. The minimum Gasteiger partial charge on any atom is -0.350 e. The van der Waals surface area contributed by atoms with E-state index in [1.54, 1.807) is 0 Å². The number of amides is 1. The molecule has 6 heteroatoms. The minimum atomic E-state index is -0.150. The van der Waals surface area contributed by atoms with Gasteiger partial charge in [-0.1, -0.05) is 19.3 Å². The lowest BCUT2D eigenvalue weighted by Gasteiger charge is -2.20. The van der Waals surface area contributed by atoms with Crippen LogP contribution in [-0.4, -0.2) is 38.9 Å². The summed E-state index contributed by atoms with van der Waals surface area (Å²) in [6.45, 7) is 0.701. The molecular formula is C11H18N4OS. The van der Waals surface area contributed by atoms with E-state index in [1.165, 1.54) is 38.3 Å². The van der Waals surface area contributed by atoms with Crippen LogP contribution in [0, 0.1) is 0 Å². The molecule has 0 bridgehead atoms. The van der Waals surface area contributed by atoms with Crippen molar-refractivity contribution < 1.29 is 4.79 Å². The van der Waals surface area contributed by atoms with Crippen LogP contribution < -0.4 is 5.32 Å². The molecule has 94 valence electrons. The van der Waals surface area contributed by atoms with Crippen LogP contribution in [0.2, 0.25) is 0 Å². The first-order chi connectivity index (χ1) is 8.36. The molecule has 0 radical (unpaired) electrons. The first kappa shape index (κ1) is 12.4. The Morgan fingerprint density at radius 3 is 3.00 bits per heavy atom. The summed E-state index contributed by atoms with van der Waals surface area (Å²) in [4.78, 5) is 11.5. The average molecular weight is 254 g/mol. The molecule has 1 amide bonds. The quantitative estimate of drug-likeness (QED) is 0.783. The van der Waals surface area contributed by atoms with Crippen LogP contribution >= 0.6 is 11.8 Å². The van der Waals surface area contributed by atoms with Gasteiger partial charge in [-0.25, -0.2) is 0 Å². The number of carbonyl (C=O) groups excluding carboxylic acids is 1. The Balaban J connectivity index is 1.58. The molecule has 0 aliphatic heterocycles. The second-order valence-corrected chi connectivity index (χ2v) is 5.65. The van der Waals surface area contributed by atoms with Crippen molar-refractivity contribution in [3.8, 4) is 0 Å². The van der Waals surface area contributed by atoms with E-state index in [9.17, 15) is 4.79 Å². The molecule has 1 aromatic heterocycles. The Morgan fingerprint density at radius 1 is 1.47 bits per heavy atom. The van der Waals surface area contributed by atoms with E-state index in [4.69, 9.17) is 0 Å². The summed E-state index contributed by atoms with van der Waals surface area (Å²) in [5.74, 6) is 0.830. The molecule has 0 aromatic carbocycles. The Hall–Kier alpha value is -1.04. The zero-order valence-electron chi connectivity index (χ0n) is 9.82. The van der Waals surface area contributed by atoms with Crippen LogP contribution in [0.25, 0.3) is 0 Å². The third-order valence-electron chi connectivity index (χ3n) is 2.94. The normalized spacial score (nSPS) is 16.9. The molecule has 1 heterocycles. The highest BCUT2D eigenvalue weighted by Crippen LogP contribution is 2.27. The van der Waals surface area contributed by atoms with E-state index in [1.807, 2.05) is 11.8 Å². The molecule has 17 heavy (non-hydrogen) atoms. The minimum absolute atomic E-state index is 0.150. The van der Waals surface area contributed by atoms with E-state index in [0.717, 1.165) is 11.0 Å². The van der Waals surface area contributed by atoms with E-state index < -0.39 is 0 Å². The predicted octanol–water partition coefficient (Wildman–Crippen LogP) is 1.60. The number of nitrogens with zero attached hydrogens (tertiary/aromatic N) is 2. The number of hydrogen-bond donors (Lipinski definition) is 2. The van der Waals surface area contributed by atoms with Gasteiger partial charge in [0.05, 0.1) is 6.20 Å². The maximum Gasteiger partial charge on any atom is 0.273 e. The monoisotopic (exact) mass is 254 g/mol. The summed E-state index contributed by atoms with van der Waals surface area (Å²) >= 11 is 1.98. The van der Waals surface area contributed by atoms with Gasteiger partial charge in [-0.2, -0.15) is 27.2 Å². The van der Waals surface area contributed by atoms with Crippen molar-refractivity contribution in [2.45, 2.75) is 37.4 Å². The molecule has 0 saturated heterocycles. The smallest absolute Gasteiger partial charge is 0.273 e. The van der Waals surface area contributed by atoms with Gasteiger partial charge in [0, 0.05) is 17.5 Å². The SMILES string of the molecule is O=C(NCCSC1CCCCC1)c1cn[nH]n1.